The summed E-state index contributed by atoms with van der Waals surface area (Å²) in [6.07, 6.45) is 0.411. The van der Waals surface area contributed by atoms with Crippen molar-refractivity contribution < 1.29 is 23.4 Å². The molecule has 2 rings (SSSR count). The van der Waals surface area contributed by atoms with Crippen LogP contribution in [0.15, 0.2) is 42.6 Å². The maximum absolute atomic E-state index is 13.5. The lowest BCUT2D eigenvalue weighted by Gasteiger charge is -2.20. The van der Waals surface area contributed by atoms with Gasteiger partial charge in [0.25, 0.3) is 5.69 Å². The minimum Gasteiger partial charge on any atom is -0.618 e. The zero-order chi connectivity index (χ0) is 18.6. The third-order valence-electron chi connectivity index (χ3n) is 2.92. The third kappa shape index (κ3) is 5.17. The SMILES string of the molecule is CC(C)(C)OC(=O)Nc1ccc(F)cc1NC(=O)c1cccc[n+]1[O-]. The van der Waals surface area contributed by atoms with Crippen LogP contribution >= 0.6 is 0 Å². The number of halogens is 1. The molecule has 0 spiro atoms. The lowest BCUT2D eigenvalue weighted by Crippen LogP contribution is -2.36. The smallest absolute Gasteiger partial charge is 0.412 e. The monoisotopic (exact) mass is 347 g/mol. The quantitative estimate of drug-likeness (QED) is 0.659. The van der Waals surface area contributed by atoms with Gasteiger partial charge in [-0.05, 0) is 45.0 Å². The van der Waals surface area contributed by atoms with Crippen molar-refractivity contribution in [3.05, 3.63) is 59.3 Å². The summed E-state index contributed by atoms with van der Waals surface area (Å²) >= 11 is 0. The topological polar surface area (TPSA) is 94.4 Å². The van der Waals surface area contributed by atoms with Gasteiger partial charge >= 0.3 is 12.0 Å². The summed E-state index contributed by atoms with van der Waals surface area (Å²) in [5, 5.41) is 16.5. The molecule has 0 saturated carbocycles. The first-order valence-electron chi connectivity index (χ1n) is 7.45. The molecule has 132 valence electrons. The van der Waals surface area contributed by atoms with Gasteiger partial charge in [-0.3, -0.25) is 10.1 Å². The Hall–Kier alpha value is -3.16. The highest BCUT2D eigenvalue weighted by atomic mass is 19.1. The first-order chi connectivity index (χ1) is 11.7. The van der Waals surface area contributed by atoms with Crippen molar-refractivity contribution >= 4 is 23.4 Å². The van der Waals surface area contributed by atoms with Gasteiger partial charge in [-0.1, -0.05) is 0 Å². The van der Waals surface area contributed by atoms with E-state index >= 15 is 0 Å². The van der Waals surface area contributed by atoms with E-state index in [0.717, 1.165) is 12.1 Å². The van der Waals surface area contributed by atoms with Gasteiger partial charge in [-0.15, -0.1) is 0 Å². The molecular formula is C17H18FN3O4. The number of carbonyl (C=O) groups excluding carboxylic acids is 2. The average Bonchev–Trinajstić information content (AvgIpc) is 2.48. The molecule has 1 aromatic heterocycles. The second kappa shape index (κ2) is 7.16. The number of amides is 2. The molecule has 0 bridgehead atoms. The van der Waals surface area contributed by atoms with E-state index in [1.807, 2.05) is 0 Å². The van der Waals surface area contributed by atoms with Crippen molar-refractivity contribution in [2.45, 2.75) is 26.4 Å². The summed E-state index contributed by atoms with van der Waals surface area (Å²) < 4.78 is 19.0. The molecule has 7 nitrogen and oxygen atoms in total. The molecule has 0 aliphatic carbocycles. The van der Waals surface area contributed by atoms with Gasteiger partial charge in [0.1, 0.15) is 11.4 Å². The number of benzene rings is 1. The van der Waals surface area contributed by atoms with Crippen LogP contribution < -0.4 is 15.4 Å². The molecule has 8 heteroatoms. The molecule has 0 atom stereocenters. The van der Waals surface area contributed by atoms with E-state index in [4.69, 9.17) is 4.74 Å². The molecule has 0 unspecified atom stereocenters. The van der Waals surface area contributed by atoms with Gasteiger partial charge < -0.3 is 15.3 Å². The number of nitrogens with one attached hydrogen (secondary N) is 2. The molecule has 0 aliphatic heterocycles. The van der Waals surface area contributed by atoms with E-state index in [9.17, 15) is 19.2 Å². The summed E-state index contributed by atoms with van der Waals surface area (Å²) in [6, 6.07) is 7.76. The van der Waals surface area contributed by atoms with E-state index in [2.05, 4.69) is 10.6 Å². The van der Waals surface area contributed by atoms with Gasteiger partial charge in [0.2, 0.25) is 0 Å². The molecule has 2 N–H and O–H groups in total. The Labute approximate surface area is 144 Å². The standard InChI is InChI=1S/C17H18FN3O4/c1-17(2,3)25-16(23)20-12-8-7-11(18)10-13(12)19-15(22)14-6-4-5-9-21(14)24/h4-10H,1-3H3,(H,19,22)(H,20,23). The summed E-state index contributed by atoms with van der Waals surface area (Å²) in [4.78, 5) is 24.1. The van der Waals surface area contributed by atoms with Crippen LogP contribution in [0.3, 0.4) is 0 Å². The van der Waals surface area contributed by atoms with E-state index in [1.54, 1.807) is 20.8 Å². The fourth-order valence-corrected chi connectivity index (χ4v) is 1.93. The van der Waals surface area contributed by atoms with Crippen molar-refractivity contribution in [1.29, 1.82) is 0 Å². The number of nitrogens with zero attached hydrogens (tertiary/aromatic N) is 1. The summed E-state index contributed by atoms with van der Waals surface area (Å²) in [5.74, 6) is -1.36. The van der Waals surface area contributed by atoms with Crippen LogP contribution in [0.1, 0.15) is 31.3 Å². The lowest BCUT2D eigenvalue weighted by molar-refractivity contribution is -0.607. The Morgan fingerprint density at radius 1 is 1.12 bits per heavy atom. The van der Waals surface area contributed by atoms with Crippen molar-refractivity contribution in [3.63, 3.8) is 0 Å². The number of hydrogen-bond acceptors (Lipinski definition) is 4. The summed E-state index contributed by atoms with van der Waals surface area (Å²) in [6.45, 7) is 5.09. The molecular weight excluding hydrogens is 329 g/mol. The maximum Gasteiger partial charge on any atom is 0.412 e. The highest BCUT2D eigenvalue weighted by molar-refractivity contribution is 6.05. The average molecular weight is 347 g/mol. The van der Waals surface area contributed by atoms with Crippen LogP contribution in [-0.2, 0) is 4.74 Å². The van der Waals surface area contributed by atoms with Gasteiger partial charge in [0.05, 0.1) is 11.4 Å². The van der Waals surface area contributed by atoms with Crippen molar-refractivity contribution in [1.82, 2.24) is 0 Å². The van der Waals surface area contributed by atoms with Gasteiger partial charge in [0.15, 0.2) is 6.20 Å². The third-order valence-corrected chi connectivity index (χ3v) is 2.92. The van der Waals surface area contributed by atoms with Crippen LogP contribution in [0.4, 0.5) is 20.6 Å². The van der Waals surface area contributed by atoms with E-state index < -0.39 is 23.4 Å². The fraction of sp³-hybridized carbons (Fsp3) is 0.235. The Bertz CT molecular complexity index is 803. The Balaban J connectivity index is 2.23. The van der Waals surface area contributed by atoms with Crippen LogP contribution in [0, 0.1) is 11.0 Å². The van der Waals surface area contributed by atoms with Crippen molar-refractivity contribution in [3.8, 4) is 0 Å². The molecule has 0 radical (unpaired) electrons. The first-order valence-corrected chi connectivity index (χ1v) is 7.45. The minimum atomic E-state index is -0.756. The second-order valence-corrected chi connectivity index (χ2v) is 6.18. The highest BCUT2D eigenvalue weighted by Gasteiger charge is 2.20. The van der Waals surface area contributed by atoms with Crippen LogP contribution in [-0.4, -0.2) is 17.6 Å². The Morgan fingerprint density at radius 3 is 2.48 bits per heavy atom. The Morgan fingerprint density at radius 2 is 1.84 bits per heavy atom. The van der Waals surface area contributed by atoms with E-state index in [0.29, 0.717) is 4.73 Å². The normalized spacial score (nSPS) is 10.9. The van der Waals surface area contributed by atoms with Gasteiger partial charge in [0, 0.05) is 12.1 Å². The molecule has 2 amide bonds. The Kier molecular flexibility index (Phi) is 5.21. The predicted molar refractivity (Wildman–Crippen MR) is 89.6 cm³/mol. The second-order valence-electron chi connectivity index (χ2n) is 6.18. The fourth-order valence-electron chi connectivity index (χ4n) is 1.93. The summed E-state index contributed by atoms with van der Waals surface area (Å²) in [5.41, 5.74) is -0.752. The maximum atomic E-state index is 13.5. The molecule has 2 aromatic rings. The van der Waals surface area contributed by atoms with Crippen molar-refractivity contribution in [2.75, 3.05) is 10.6 Å². The zero-order valence-electron chi connectivity index (χ0n) is 14.0. The van der Waals surface area contributed by atoms with Crippen LogP contribution in [0.5, 0.6) is 0 Å². The van der Waals surface area contributed by atoms with E-state index in [-0.39, 0.29) is 17.1 Å². The highest BCUT2D eigenvalue weighted by Crippen LogP contribution is 2.24. The minimum absolute atomic E-state index is 0.000266. The zero-order valence-corrected chi connectivity index (χ0v) is 14.0. The van der Waals surface area contributed by atoms with Gasteiger partial charge in [-0.25, -0.2) is 9.18 Å². The summed E-state index contributed by atoms with van der Waals surface area (Å²) in [7, 11) is 0. The number of rotatable bonds is 3. The van der Waals surface area contributed by atoms with Gasteiger partial charge in [-0.2, -0.15) is 4.73 Å². The van der Waals surface area contributed by atoms with Crippen molar-refractivity contribution in [2.24, 2.45) is 0 Å². The van der Waals surface area contributed by atoms with Crippen LogP contribution in [0.2, 0.25) is 0 Å². The molecule has 1 aromatic carbocycles. The molecule has 0 fully saturated rings. The van der Waals surface area contributed by atoms with Crippen LogP contribution in [0.25, 0.3) is 0 Å². The lowest BCUT2D eigenvalue weighted by atomic mass is 10.2. The number of aromatic nitrogens is 1. The number of ether oxygens (including phenoxy) is 1. The number of hydrogen-bond donors (Lipinski definition) is 2. The molecule has 0 aliphatic rings. The predicted octanol–water partition coefficient (Wildman–Crippen LogP) is 3.06. The number of pyridine rings is 1. The largest absolute Gasteiger partial charge is 0.618 e. The molecule has 0 saturated heterocycles. The molecule has 25 heavy (non-hydrogen) atoms. The first kappa shape index (κ1) is 18.2. The van der Waals surface area contributed by atoms with E-state index in [1.165, 1.54) is 30.5 Å². The number of carbonyl (C=O) groups is 2. The molecule has 1 heterocycles. The number of anilines is 2.